The van der Waals surface area contributed by atoms with Crippen LogP contribution in [0.4, 0.5) is 5.95 Å². The molecule has 2 aromatic heterocycles. The Kier molecular flexibility index (Phi) is 5.18. The van der Waals surface area contributed by atoms with Crippen molar-refractivity contribution in [2.45, 2.75) is 52.1 Å². The fraction of sp³-hybridized carbons (Fsp3) is 0.421. The first-order valence-electron chi connectivity index (χ1n) is 8.73. The number of nitrogens with zero attached hydrogens (tertiary/aromatic N) is 3. The highest BCUT2D eigenvalue weighted by molar-refractivity contribution is 9.10. The average molecular weight is 418 g/mol. The van der Waals surface area contributed by atoms with Crippen LogP contribution in [0.2, 0.25) is 0 Å². The van der Waals surface area contributed by atoms with Crippen LogP contribution in [0.25, 0.3) is 11.0 Å². The van der Waals surface area contributed by atoms with Gasteiger partial charge in [0.1, 0.15) is 5.39 Å². The standard InChI is InChI=1S/C19H24BrN5O/c1-12(5-6-13-7-9-14(20)10-8-13)22-18-23-16-15(17(26)24-18)11-21-25(16)19(2,3)4/h7-12H,5-6H2,1-4H3,(H2,22,23,24,26). The van der Waals surface area contributed by atoms with E-state index in [0.29, 0.717) is 17.0 Å². The molecule has 0 saturated heterocycles. The zero-order chi connectivity index (χ0) is 18.9. The van der Waals surface area contributed by atoms with Gasteiger partial charge in [-0.3, -0.25) is 9.78 Å². The molecule has 26 heavy (non-hydrogen) atoms. The Hall–Kier alpha value is -2.15. The van der Waals surface area contributed by atoms with Gasteiger partial charge in [0.15, 0.2) is 5.65 Å². The number of nitrogens with one attached hydrogen (secondary N) is 2. The van der Waals surface area contributed by atoms with E-state index in [2.05, 4.69) is 55.4 Å². The number of fused-ring (bicyclic) bond motifs is 1. The zero-order valence-electron chi connectivity index (χ0n) is 15.5. The van der Waals surface area contributed by atoms with Gasteiger partial charge in [-0.1, -0.05) is 28.1 Å². The Morgan fingerprint density at radius 1 is 1.27 bits per heavy atom. The van der Waals surface area contributed by atoms with Gasteiger partial charge in [0, 0.05) is 10.5 Å². The first-order valence-corrected chi connectivity index (χ1v) is 9.53. The Bertz CT molecular complexity index is 953. The lowest BCUT2D eigenvalue weighted by atomic mass is 10.1. The van der Waals surface area contributed by atoms with Crippen molar-refractivity contribution in [1.29, 1.82) is 0 Å². The molecule has 2 heterocycles. The number of benzene rings is 1. The van der Waals surface area contributed by atoms with Gasteiger partial charge < -0.3 is 5.32 Å². The molecule has 3 aromatic rings. The van der Waals surface area contributed by atoms with Gasteiger partial charge in [-0.25, -0.2) is 4.68 Å². The molecule has 0 amide bonds. The summed E-state index contributed by atoms with van der Waals surface area (Å²) in [5, 5.41) is 8.15. The van der Waals surface area contributed by atoms with E-state index in [0.717, 1.165) is 17.3 Å². The van der Waals surface area contributed by atoms with Crippen molar-refractivity contribution >= 4 is 32.9 Å². The fourth-order valence-electron chi connectivity index (χ4n) is 2.82. The van der Waals surface area contributed by atoms with Crippen molar-refractivity contribution in [2.24, 2.45) is 0 Å². The SMILES string of the molecule is CC(CCc1ccc(Br)cc1)Nc1nc2c(cnn2C(C)(C)C)c(=O)[nH]1. The molecule has 7 heteroatoms. The number of H-pyrrole nitrogens is 1. The number of hydrogen-bond donors (Lipinski definition) is 2. The number of anilines is 1. The molecule has 0 saturated carbocycles. The number of halogens is 1. The van der Waals surface area contributed by atoms with Crippen LogP contribution in [-0.4, -0.2) is 25.8 Å². The van der Waals surface area contributed by atoms with Crippen LogP contribution in [-0.2, 0) is 12.0 Å². The van der Waals surface area contributed by atoms with Crippen molar-refractivity contribution < 1.29 is 0 Å². The van der Waals surface area contributed by atoms with Gasteiger partial charge in [0.05, 0.1) is 11.7 Å². The summed E-state index contributed by atoms with van der Waals surface area (Å²) in [6.07, 6.45) is 3.46. The zero-order valence-corrected chi connectivity index (χ0v) is 17.1. The van der Waals surface area contributed by atoms with Crippen LogP contribution >= 0.6 is 15.9 Å². The second kappa shape index (κ2) is 7.23. The molecule has 138 valence electrons. The summed E-state index contributed by atoms with van der Waals surface area (Å²) in [6, 6.07) is 8.50. The predicted molar refractivity (Wildman–Crippen MR) is 109 cm³/mol. The molecule has 1 aromatic carbocycles. The maximum absolute atomic E-state index is 12.3. The summed E-state index contributed by atoms with van der Waals surface area (Å²) in [5.41, 5.74) is 1.47. The van der Waals surface area contributed by atoms with E-state index >= 15 is 0 Å². The summed E-state index contributed by atoms with van der Waals surface area (Å²) >= 11 is 3.45. The number of aromatic amines is 1. The van der Waals surface area contributed by atoms with Crippen molar-refractivity contribution in [2.75, 3.05) is 5.32 Å². The lowest BCUT2D eigenvalue weighted by molar-refractivity contribution is 0.366. The van der Waals surface area contributed by atoms with Crippen LogP contribution in [0.5, 0.6) is 0 Å². The minimum absolute atomic E-state index is 0.172. The van der Waals surface area contributed by atoms with Crippen LogP contribution in [0.15, 0.2) is 39.7 Å². The molecule has 6 nitrogen and oxygen atoms in total. The molecule has 2 N–H and O–H groups in total. The Balaban J connectivity index is 1.75. The maximum atomic E-state index is 12.3. The second-order valence-electron chi connectivity index (χ2n) is 7.59. The molecule has 0 aliphatic carbocycles. The van der Waals surface area contributed by atoms with Crippen molar-refractivity contribution in [1.82, 2.24) is 19.7 Å². The molecule has 0 aliphatic rings. The summed E-state index contributed by atoms with van der Waals surface area (Å²) in [6.45, 7) is 8.20. The van der Waals surface area contributed by atoms with Gasteiger partial charge in [0.25, 0.3) is 5.56 Å². The third kappa shape index (κ3) is 4.15. The van der Waals surface area contributed by atoms with Gasteiger partial charge >= 0.3 is 0 Å². The van der Waals surface area contributed by atoms with Crippen molar-refractivity contribution in [3.05, 3.63) is 50.9 Å². The largest absolute Gasteiger partial charge is 0.353 e. The van der Waals surface area contributed by atoms with E-state index in [1.54, 1.807) is 10.9 Å². The van der Waals surface area contributed by atoms with Crippen LogP contribution in [0.3, 0.4) is 0 Å². The molecule has 0 aliphatic heterocycles. The molecule has 0 spiro atoms. The van der Waals surface area contributed by atoms with Crippen LogP contribution in [0, 0.1) is 0 Å². The molecule has 1 atom stereocenters. The molecule has 0 radical (unpaired) electrons. The lowest BCUT2D eigenvalue weighted by Crippen LogP contribution is -2.25. The highest BCUT2D eigenvalue weighted by atomic mass is 79.9. The summed E-state index contributed by atoms with van der Waals surface area (Å²) < 4.78 is 2.87. The van der Waals surface area contributed by atoms with Gasteiger partial charge in [-0.05, 0) is 58.2 Å². The second-order valence-corrected chi connectivity index (χ2v) is 8.51. The van der Waals surface area contributed by atoms with Crippen molar-refractivity contribution in [3.63, 3.8) is 0 Å². The molecule has 0 bridgehead atoms. The third-order valence-corrected chi connectivity index (χ3v) is 4.76. The average Bonchev–Trinajstić information content (AvgIpc) is 2.99. The molecule has 3 rings (SSSR count). The van der Waals surface area contributed by atoms with Gasteiger partial charge in [0.2, 0.25) is 5.95 Å². The summed E-state index contributed by atoms with van der Waals surface area (Å²) in [4.78, 5) is 19.8. The summed E-state index contributed by atoms with van der Waals surface area (Å²) in [7, 11) is 0. The Morgan fingerprint density at radius 3 is 2.62 bits per heavy atom. The highest BCUT2D eigenvalue weighted by Crippen LogP contribution is 2.19. The monoisotopic (exact) mass is 417 g/mol. The number of hydrogen-bond acceptors (Lipinski definition) is 4. The Morgan fingerprint density at radius 2 is 1.96 bits per heavy atom. The minimum Gasteiger partial charge on any atom is -0.353 e. The summed E-state index contributed by atoms with van der Waals surface area (Å²) in [5.74, 6) is 0.483. The van der Waals surface area contributed by atoms with E-state index in [-0.39, 0.29) is 17.1 Å². The van der Waals surface area contributed by atoms with E-state index in [1.165, 1.54) is 5.56 Å². The van der Waals surface area contributed by atoms with E-state index in [4.69, 9.17) is 0 Å². The van der Waals surface area contributed by atoms with E-state index in [9.17, 15) is 4.79 Å². The smallest absolute Gasteiger partial charge is 0.263 e. The number of aryl methyl sites for hydroxylation is 1. The Labute approximate surface area is 161 Å². The minimum atomic E-state index is -0.243. The molecular weight excluding hydrogens is 394 g/mol. The number of aromatic nitrogens is 4. The van der Waals surface area contributed by atoms with Crippen molar-refractivity contribution in [3.8, 4) is 0 Å². The lowest BCUT2D eigenvalue weighted by Gasteiger charge is -2.20. The number of rotatable bonds is 5. The van der Waals surface area contributed by atoms with Gasteiger partial charge in [-0.2, -0.15) is 10.1 Å². The molecule has 1 unspecified atom stereocenters. The van der Waals surface area contributed by atoms with Crippen LogP contribution in [0.1, 0.15) is 39.7 Å². The van der Waals surface area contributed by atoms with E-state index in [1.807, 2.05) is 32.9 Å². The quantitative estimate of drug-likeness (QED) is 0.655. The topological polar surface area (TPSA) is 75.6 Å². The third-order valence-electron chi connectivity index (χ3n) is 4.24. The van der Waals surface area contributed by atoms with E-state index < -0.39 is 0 Å². The molecule has 0 fully saturated rings. The first kappa shape index (κ1) is 18.6. The maximum Gasteiger partial charge on any atom is 0.263 e. The normalized spacial score (nSPS) is 13.1. The fourth-order valence-corrected chi connectivity index (χ4v) is 3.08. The predicted octanol–water partition coefficient (Wildman–Crippen LogP) is 4.07. The van der Waals surface area contributed by atoms with Crippen LogP contribution < -0.4 is 10.9 Å². The highest BCUT2D eigenvalue weighted by Gasteiger charge is 2.20. The first-order chi connectivity index (χ1) is 12.2. The molecular formula is C19H24BrN5O. The van der Waals surface area contributed by atoms with Gasteiger partial charge in [-0.15, -0.1) is 0 Å².